The molecule has 130 valence electrons. The van der Waals surface area contributed by atoms with Crippen LogP contribution in [0.2, 0.25) is 0 Å². The maximum Gasteiger partial charge on any atom is 0.321 e. The molecule has 6 atom stereocenters. The van der Waals surface area contributed by atoms with E-state index in [1.54, 1.807) is 6.20 Å². The molecule has 0 spiro atoms. The fourth-order valence-corrected chi connectivity index (χ4v) is 5.11. The first-order valence-electron chi connectivity index (χ1n) is 8.63. The van der Waals surface area contributed by atoms with Crippen LogP contribution in [0.5, 0.6) is 0 Å². The van der Waals surface area contributed by atoms with Crippen molar-refractivity contribution in [1.82, 2.24) is 10.3 Å². The third-order valence-electron chi connectivity index (χ3n) is 5.41. The minimum atomic E-state index is -0.188. The largest absolute Gasteiger partial charge is 0.376 e. The topological polar surface area (TPSA) is 81.7 Å². The normalized spacial score (nSPS) is 39.5. The summed E-state index contributed by atoms with van der Waals surface area (Å²) < 4.78 is 17.0. The fourth-order valence-electron chi connectivity index (χ4n) is 4.23. The molecule has 24 heavy (non-hydrogen) atoms. The van der Waals surface area contributed by atoms with Crippen molar-refractivity contribution in [2.24, 2.45) is 11.8 Å². The Kier molecular flexibility index (Phi) is 3.73. The first kappa shape index (κ1) is 15.1. The van der Waals surface area contributed by atoms with E-state index in [-0.39, 0.29) is 24.3 Å². The summed E-state index contributed by atoms with van der Waals surface area (Å²) >= 11 is 1.49. The lowest BCUT2D eigenvalue weighted by atomic mass is 9.96. The van der Waals surface area contributed by atoms with Crippen molar-refractivity contribution in [1.29, 1.82) is 0 Å². The molecule has 1 aliphatic carbocycles. The van der Waals surface area contributed by atoms with Gasteiger partial charge in [-0.1, -0.05) is 0 Å². The van der Waals surface area contributed by atoms with Crippen LogP contribution < -0.4 is 10.6 Å². The number of carbonyl (C=O) groups is 1. The summed E-state index contributed by atoms with van der Waals surface area (Å²) in [5.74, 6) is 1.45. The molecule has 2 N–H and O–H groups in total. The molecule has 8 heteroatoms. The van der Waals surface area contributed by atoms with Gasteiger partial charge in [0.25, 0.3) is 0 Å². The molecule has 4 fully saturated rings. The number of fused-ring (bicyclic) bond motifs is 5. The first-order chi connectivity index (χ1) is 11.8. The summed E-state index contributed by atoms with van der Waals surface area (Å²) in [6.45, 7) is 1.93. The Morgan fingerprint density at radius 3 is 3.08 bits per heavy atom. The summed E-state index contributed by atoms with van der Waals surface area (Å²) in [6, 6.07) is -0.0440. The standard InChI is InChI=1S/C16H21N3O4S/c20-15(18-12-5-13-10-4-11(10)14(12)23-13)19-16-17-6-9(24-16)3-8-7-21-1-2-22-8/h6,8,10-14H,1-5,7H2,(H2,17,18,19,20)/t8?,10-,11+,12-,13+,14+/m1/s1. The number of urea groups is 1. The number of hydrogen-bond donors (Lipinski definition) is 2. The van der Waals surface area contributed by atoms with Crippen LogP contribution >= 0.6 is 11.3 Å². The van der Waals surface area contributed by atoms with Crippen molar-refractivity contribution in [3.63, 3.8) is 0 Å². The van der Waals surface area contributed by atoms with Crippen LogP contribution in [0.15, 0.2) is 6.20 Å². The van der Waals surface area contributed by atoms with Crippen LogP contribution in [0.4, 0.5) is 9.93 Å². The molecule has 1 aromatic rings. The second-order valence-corrected chi connectivity index (χ2v) is 8.16. The molecule has 1 unspecified atom stereocenters. The van der Waals surface area contributed by atoms with Gasteiger partial charge in [-0.25, -0.2) is 9.78 Å². The minimum absolute atomic E-state index is 0.0820. The van der Waals surface area contributed by atoms with Gasteiger partial charge in [0.1, 0.15) is 0 Å². The molecule has 4 aliphatic rings. The Labute approximate surface area is 144 Å². The predicted octanol–water partition coefficient (Wildman–Crippen LogP) is 1.40. The molecular formula is C16H21N3O4S. The molecule has 1 saturated carbocycles. The van der Waals surface area contributed by atoms with Crippen LogP contribution in [-0.2, 0) is 20.6 Å². The molecule has 7 nitrogen and oxygen atoms in total. The van der Waals surface area contributed by atoms with Gasteiger partial charge < -0.3 is 19.5 Å². The molecular weight excluding hydrogens is 330 g/mol. The molecule has 0 radical (unpaired) electrons. The quantitative estimate of drug-likeness (QED) is 0.857. The van der Waals surface area contributed by atoms with Crippen LogP contribution in [0.3, 0.4) is 0 Å². The van der Waals surface area contributed by atoms with Gasteiger partial charge in [-0.05, 0) is 24.7 Å². The van der Waals surface area contributed by atoms with Gasteiger partial charge >= 0.3 is 6.03 Å². The van der Waals surface area contributed by atoms with Gasteiger partial charge in [-0.15, -0.1) is 11.3 Å². The van der Waals surface area contributed by atoms with E-state index in [2.05, 4.69) is 15.6 Å². The Bertz CT molecular complexity index is 633. The fraction of sp³-hybridized carbons (Fsp3) is 0.750. The lowest BCUT2D eigenvalue weighted by Crippen LogP contribution is -2.44. The number of nitrogens with zero attached hydrogens (tertiary/aromatic N) is 1. The third-order valence-corrected chi connectivity index (χ3v) is 6.34. The number of amides is 2. The second kappa shape index (κ2) is 5.94. The van der Waals surface area contributed by atoms with E-state index in [1.165, 1.54) is 17.8 Å². The number of hydrogen-bond acceptors (Lipinski definition) is 6. The lowest BCUT2D eigenvalue weighted by Gasteiger charge is -2.22. The zero-order chi connectivity index (χ0) is 16.1. The number of anilines is 1. The summed E-state index contributed by atoms with van der Waals surface area (Å²) in [5.41, 5.74) is 0. The highest BCUT2D eigenvalue weighted by molar-refractivity contribution is 7.15. The smallest absolute Gasteiger partial charge is 0.321 e. The molecule has 1 aromatic heterocycles. The van der Waals surface area contributed by atoms with E-state index in [0.29, 0.717) is 37.0 Å². The molecule has 5 rings (SSSR count). The van der Waals surface area contributed by atoms with E-state index in [4.69, 9.17) is 14.2 Å². The van der Waals surface area contributed by atoms with Crippen LogP contribution in [0.1, 0.15) is 17.7 Å². The highest BCUT2D eigenvalue weighted by Crippen LogP contribution is 2.58. The van der Waals surface area contributed by atoms with Gasteiger partial charge in [0.05, 0.1) is 44.2 Å². The zero-order valence-electron chi connectivity index (χ0n) is 13.3. The van der Waals surface area contributed by atoms with E-state index in [9.17, 15) is 4.79 Å². The third kappa shape index (κ3) is 2.81. The molecule has 4 heterocycles. The maximum atomic E-state index is 12.2. The van der Waals surface area contributed by atoms with Crippen molar-refractivity contribution >= 4 is 22.5 Å². The number of carbonyl (C=O) groups excluding carboxylic acids is 1. The number of nitrogens with one attached hydrogen (secondary N) is 2. The van der Waals surface area contributed by atoms with Crippen molar-refractivity contribution in [3.8, 4) is 0 Å². The first-order valence-corrected chi connectivity index (χ1v) is 9.45. The molecule has 3 aliphatic heterocycles. The summed E-state index contributed by atoms with van der Waals surface area (Å²) in [4.78, 5) is 17.6. The highest BCUT2D eigenvalue weighted by Gasteiger charge is 2.62. The van der Waals surface area contributed by atoms with E-state index < -0.39 is 0 Å². The predicted molar refractivity (Wildman–Crippen MR) is 87.2 cm³/mol. The van der Waals surface area contributed by atoms with Gasteiger partial charge in [0.15, 0.2) is 5.13 Å². The van der Waals surface area contributed by atoms with Gasteiger partial charge in [-0.3, -0.25) is 5.32 Å². The molecule has 3 saturated heterocycles. The Morgan fingerprint density at radius 1 is 1.33 bits per heavy atom. The number of rotatable bonds is 4. The minimum Gasteiger partial charge on any atom is -0.376 e. The summed E-state index contributed by atoms with van der Waals surface area (Å²) in [5, 5.41) is 6.52. The lowest BCUT2D eigenvalue weighted by molar-refractivity contribution is -0.0869. The highest BCUT2D eigenvalue weighted by atomic mass is 32.1. The Balaban J connectivity index is 1.13. The monoisotopic (exact) mass is 351 g/mol. The summed E-state index contributed by atoms with van der Waals surface area (Å²) in [6.07, 6.45) is 5.46. The van der Waals surface area contributed by atoms with Crippen molar-refractivity contribution in [3.05, 3.63) is 11.1 Å². The van der Waals surface area contributed by atoms with E-state index in [1.807, 2.05) is 0 Å². The zero-order valence-corrected chi connectivity index (χ0v) is 14.1. The van der Waals surface area contributed by atoms with Gasteiger partial charge in [0.2, 0.25) is 0 Å². The van der Waals surface area contributed by atoms with Gasteiger partial charge in [-0.2, -0.15) is 0 Å². The Hall–Kier alpha value is -1.22. The van der Waals surface area contributed by atoms with Crippen LogP contribution in [0, 0.1) is 11.8 Å². The SMILES string of the molecule is O=C(Nc1ncc(CC2COCCO2)s1)N[C@@H]1C[C@@H]2O[C@H]1[C@H]1C[C@H]12. The van der Waals surface area contributed by atoms with E-state index in [0.717, 1.165) is 23.6 Å². The molecule has 2 amide bonds. The van der Waals surface area contributed by atoms with Gasteiger partial charge in [0, 0.05) is 17.5 Å². The number of ether oxygens (including phenoxy) is 3. The Morgan fingerprint density at radius 2 is 2.29 bits per heavy atom. The van der Waals surface area contributed by atoms with Crippen LogP contribution in [-0.4, -0.2) is 55.2 Å². The van der Waals surface area contributed by atoms with Crippen molar-refractivity contribution < 1.29 is 19.0 Å². The number of aromatic nitrogens is 1. The molecule has 0 aromatic carbocycles. The average Bonchev–Trinajstić information content (AvgIpc) is 2.93. The average molecular weight is 351 g/mol. The van der Waals surface area contributed by atoms with Crippen molar-refractivity contribution in [2.75, 3.05) is 25.1 Å². The number of thiazole rings is 1. The maximum absolute atomic E-state index is 12.2. The summed E-state index contributed by atoms with van der Waals surface area (Å²) in [7, 11) is 0. The van der Waals surface area contributed by atoms with Crippen molar-refractivity contribution in [2.45, 2.75) is 43.6 Å². The van der Waals surface area contributed by atoms with E-state index >= 15 is 0 Å². The van der Waals surface area contributed by atoms with Crippen LogP contribution in [0.25, 0.3) is 0 Å². The molecule has 2 bridgehead atoms. The second-order valence-electron chi connectivity index (χ2n) is 7.05.